The molecule has 2 rings (SSSR count). The SMILES string of the molecule is O=C(O)c1ccccc1S[Si]Sc1ccccc1C(=O)O. The second-order valence-electron chi connectivity index (χ2n) is 3.89. The summed E-state index contributed by atoms with van der Waals surface area (Å²) in [5.74, 6) is -1.92. The van der Waals surface area contributed by atoms with Crippen molar-refractivity contribution in [2.75, 3.05) is 0 Å². The van der Waals surface area contributed by atoms with Crippen LogP contribution in [-0.4, -0.2) is 30.0 Å². The normalized spacial score (nSPS) is 10.3. The number of carboxylic acid groups (broad SMARTS) is 2. The van der Waals surface area contributed by atoms with Crippen molar-refractivity contribution in [3.63, 3.8) is 0 Å². The van der Waals surface area contributed by atoms with E-state index in [1.807, 2.05) is 0 Å². The molecule has 0 atom stereocenters. The summed E-state index contributed by atoms with van der Waals surface area (Å²) < 4.78 is 0. The molecule has 0 spiro atoms. The van der Waals surface area contributed by atoms with Gasteiger partial charge in [-0.25, -0.2) is 9.59 Å². The van der Waals surface area contributed by atoms with Crippen molar-refractivity contribution >= 4 is 42.2 Å². The molecule has 2 radical (unpaired) electrons. The van der Waals surface area contributed by atoms with E-state index in [0.717, 1.165) is 0 Å². The maximum atomic E-state index is 11.1. The van der Waals surface area contributed by atoms with E-state index in [4.69, 9.17) is 10.2 Å². The lowest BCUT2D eigenvalue weighted by Gasteiger charge is -2.06. The fourth-order valence-electron chi connectivity index (χ4n) is 1.58. The first-order valence-electron chi connectivity index (χ1n) is 5.83. The minimum Gasteiger partial charge on any atom is -0.478 e. The molecule has 0 fully saturated rings. The molecule has 0 saturated heterocycles. The molecule has 0 aliphatic carbocycles. The highest BCUT2D eigenvalue weighted by Gasteiger charge is 2.12. The molecule has 0 aliphatic heterocycles. The van der Waals surface area contributed by atoms with E-state index in [2.05, 4.69) is 0 Å². The highest BCUT2D eigenvalue weighted by molar-refractivity contribution is 8.50. The first-order valence-corrected chi connectivity index (χ1v) is 9.91. The van der Waals surface area contributed by atoms with Gasteiger partial charge < -0.3 is 10.2 Å². The van der Waals surface area contributed by atoms with Crippen LogP contribution in [0.4, 0.5) is 0 Å². The molecule has 4 nitrogen and oxygen atoms in total. The molecule has 2 aromatic carbocycles. The van der Waals surface area contributed by atoms with Crippen LogP contribution in [-0.2, 0) is 0 Å². The van der Waals surface area contributed by atoms with Crippen LogP contribution in [0.15, 0.2) is 58.3 Å². The van der Waals surface area contributed by atoms with Crippen LogP contribution >= 0.6 is 22.4 Å². The fraction of sp³-hybridized carbons (Fsp3) is 0. The highest BCUT2D eigenvalue weighted by Crippen LogP contribution is 2.29. The molecule has 7 heteroatoms. The van der Waals surface area contributed by atoms with Crippen LogP contribution in [0.3, 0.4) is 0 Å². The average Bonchev–Trinajstić information content (AvgIpc) is 2.48. The molecule has 106 valence electrons. The molecule has 0 unspecified atom stereocenters. The van der Waals surface area contributed by atoms with Crippen molar-refractivity contribution < 1.29 is 19.8 Å². The molecular weight excluding hydrogens is 324 g/mol. The second kappa shape index (κ2) is 7.35. The smallest absolute Gasteiger partial charge is 0.336 e. The Morgan fingerprint density at radius 2 is 1.14 bits per heavy atom. The van der Waals surface area contributed by atoms with Crippen LogP contribution in [0, 0.1) is 0 Å². The molecule has 2 aromatic rings. The first kappa shape index (κ1) is 15.7. The molecule has 0 saturated carbocycles. The van der Waals surface area contributed by atoms with Gasteiger partial charge in [0.2, 0.25) is 7.82 Å². The summed E-state index contributed by atoms with van der Waals surface area (Å²) in [4.78, 5) is 23.6. The third-order valence-electron chi connectivity index (χ3n) is 2.54. The highest BCUT2D eigenvalue weighted by atomic mass is 32.6. The third-order valence-corrected chi connectivity index (χ3v) is 7.18. The van der Waals surface area contributed by atoms with Gasteiger partial charge in [0.1, 0.15) is 0 Å². The van der Waals surface area contributed by atoms with Crippen molar-refractivity contribution in [2.24, 2.45) is 0 Å². The predicted molar refractivity (Wildman–Crippen MR) is 84.3 cm³/mol. The first-order chi connectivity index (χ1) is 10.1. The summed E-state index contributed by atoms with van der Waals surface area (Å²) >= 11 is 2.82. The van der Waals surface area contributed by atoms with Gasteiger partial charge in [-0.1, -0.05) is 24.3 Å². The monoisotopic (exact) mass is 334 g/mol. The standard InChI is InChI=1S/C14H10O4S2Si/c15-13(16)9-5-1-3-7-11(9)19-21-20-12-8-4-2-6-10(12)14(17)18/h1-8H,(H,15,16)(H,17,18). The van der Waals surface area contributed by atoms with Gasteiger partial charge in [-0.2, -0.15) is 0 Å². The van der Waals surface area contributed by atoms with Gasteiger partial charge in [0.15, 0.2) is 0 Å². The fourth-order valence-corrected chi connectivity index (χ4v) is 6.34. The zero-order valence-electron chi connectivity index (χ0n) is 10.6. The number of carboxylic acids is 2. The van der Waals surface area contributed by atoms with Crippen LogP contribution in [0.1, 0.15) is 20.7 Å². The lowest BCUT2D eigenvalue weighted by molar-refractivity contribution is 0.0682. The molecule has 0 amide bonds. The van der Waals surface area contributed by atoms with Crippen LogP contribution in [0.2, 0.25) is 0 Å². The lowest BCUT2D eigenvalue weighted by atomic mass is 10.2. The molecule has 0 aliphatic rings. The zero-order valence-corrected chi connectivity index (χ0v) is 13.3. The quantitative estimate of drug-likeness (QED) is 0.788. The van der Waals surface area contributed by atoms with Gasteiger partial charge in [0.05, 0.1) is 11.1 Å². The van der Waals surface area contributed by atoms with E-state index in [-0.39, 0.29) is 18.9 Å². The molecule has 21 heavy (non-hydrogen) atoms. The third kappa shape index (κ3) is 4.13. The van der Waals surface area contributed by atoms with Gasteiger partial charge in [-0.15, -0.1) is 22.4 Å². The number of aromatic carboxylic acids is 2. The maximum absolute atomic E-state index is 11.1. The Labute approximate surface area is 131 Å². The minimum atomic E-state index is -0.959. The number of rotatable bonds is 6. The van der Waals surface area contributed by atoms with Crippen LogP contribution in [0.25, 0.3) is 0 Å². The molecule has 0 aromatic heterocycles. The second-order valence-corrected chi connectivity index (χ2v) is 8.57. The summed E-state index contributed by atoms with van der Waals surface area (Å²) in [5, 5.41) is 18.2. The van der Waals surface area contributed by atoms with Gasteiger partial charge in [0, 0.05) is 9.79 Å². The number of hydrogen-bond acceptors (Lipinski definition) is 4. The zero-order chi connectivity index (χ0) is 15.2. The van der Waals surface area contributed by atoms with Crippen LogP contribution < -0.4 is 0 Å². The van der Waals surface area contributed by atoms with Gasteiger partial charge in [-0.05, 0) is 24.3 Å². The molecular formula is C14H10O4S2Si. The Morgan fingerprint density at radius 1 is 0.762 bits per heavy atom. The van der Waals surface area contributed by atoms with E-state index in [1.54, 1.807) is 48.5 Å². The topological polar surface area (TPSA) is 74.6 Å². The largest absolute Gasteiger partial charge is 0.478 e. The minimum absolute atomic E-state index is 0.266. The number of hydrogen-bond donors (Lipinski definition) is 2. The van der Waals surface area contributed by atoms with E-state index >= 15 is 0 Å². The van der Waals surface area contributed by atoms with Gasteiger partial charge in [-0.3, -0.25) is 0 Å². The Hall–Kier alpha value is -1.70. The Morgan fingerprint density at radius 3 is 1.52 bits per heavy atom. The Kier molecular flexibility index (Phi) is 5.49. The lowest BCUT2D eigenvalue weighted by Crippen LogP contribution is -2.00. The van der Waals surface area contributed by atoms with E-state index in [0.29, 0.717) is 9.79 Å². The summed E-state index contributed by atoms with van der Waals surface area (Å²) in [7, 11) is 0.272. The van der Waals surface area contributed by atoms with Gasteiger partial charge >= 0.3 is 11.9 Å². The Bertz CT molecular complexity index is 618. The van der Waals surface area contributed by atoms with E-state index in [1.165, 1.54) is 22.4 Å². The maximum Gasteiger partial charge on any atom is 0.336 e. The summed E-state index contributed by atoms with van der Waals surface area (Å²) in [6.07, 6.45) is 0. The van der Waals surface area contributed by atoms with E-state index < -0.39 is 11.9 Å². The molecule has 0 heterocycles. The number of carbonyl (C=O) groups is 2. The van der Waals surface area contributed by atoms with Crippen molar-refractivity contribution in [1.29, 1.82) is 0 Å². The van der Waals surface area contributed by atoms with Crippen molar-refractivity contribution in [1.82, 2.24) is 0 Å². The van der Waals surface area contributed by atoms with E-state index in [9.17, 15) is 9.59 Å². The van der Waals surface area contributed by atoms with Crippen LogP contribution in [0.5, 0.6) is 0 Å². The average molecular weight is 334 g/mol. The number of benzene rings is 2. The summed E-state index contributed by atoms with van der Waals surface area (Å²) in [5.41, 5.74) is 0.532. The van der Waals surface area contributed by atoms with Crippen molar-refractivity contribution in [3.05, 3.63) is 59.7 Å². The summed E-state index contributed by atoms with van der Waals surface area (Å²) in [6.45, 7) is 0. The summed E-state index contributed by atoms with van der Waals surface area (Å²) in [6, 6.07) is 13.6. The van der Waals surface area contributed by atoms with Gasteiger partial charge in [0.25, 0.3) is 0 Å². The molecule has 0 bridgehead atoms. The van der Waals surface area contributed by atoms with Crippen molar-refractivity contribution in [2.45, 2.75) is 9.79 Å². The predicted octanol–water partition coefficient (Wildman–Crippen LogP) is 3.50. The Balaban J connectivity index is 2.06. The molecule has 2 N–H and O–H groups in total. The van der Waals surface area contributed by atoms with Crippen molar-refractivity contribution in [3.8, 4) is 0 Å².